The predicted octanol–water partition coefficient (Wildman–Crippen LogP) is 0.765. The Hall–Kier alpha value is 0.254. The second-order valence-corrected chi connectivity index (χ2v) is 33.9. The molecule has 1 nitrogen and oxygen atoms in total. The van der Waals surface area contributed by atoms with Gasteiger partial charge in [-0.2, -0.15) is 35.7 Å². The zero-order valence-corrected chi connectivity index (χ0v) is 25.5. The van der Waals surface area contributed by atoms with E-state index in [1.165, 1.54) is 16.8 Å². The average molecular weight is 561 g/mol. The van der Waals surface area contributed by atoms with Crippen molar-refractivity contribution in [3.63, 3.8) is 0 Å². The van der Waals surface area contributed by atoms with E-state index in [2.05, 4.69) is 81.7 Å². The van der Waals surface area contributed by atoms with Crippen LogP contribution >= 0.6 is 0 Å². The Labute approximate surface area is 207 Å². The quantitative estimate of drug-likeness (QED) is 0.331. The summed E-state index contributed by atoms with van der Waals surface area (Å²) >= 11 is 1.80. The smallest absolute Gasteiger partial charge is 0.0809 e. The third kappa shape index (κ3) is 14.8. The molecule has 0 aliphatic heterocycles. The minimum atomic E-state index is -1.25. The van der Waals surface area contributed by atoms with E-state index in [4.69, 9.17) is 4.43 Å². The maximum Gasteiger partial charge on any atom is -0.0809 e. The van der Waals surface area contributed by atoms with Crippen LogP contribution in [0.25, 0.3) is 10.8 Å². The summed E-state index contributed by atoms with van der Waals surface area (Å²) in [7, 11) is -2.09. The monoisotopic (exact) mass is 558 g/mol. The first-order valence-corrected chi connectivity index (χ1v) is 22.9. The van der Waals surface area contributed by atoms with Gasteiger partial charge >= 0.3 is 101 Å². The molecule has 0 spiro atoms. The molecule has 0 radical (unpaired) electrons. The van der Waals surface area contributed by atoms with Gasteiger partial charge in [-0.1, -0.05) is 6.07 Å². The van der Waals surface area contributed by atoms with E-state index in [1.54, 1.807) is 23.3 Å². The topological polar surface area (TPSA) is 9.23 Å². The van der Waals surface area contributed by atoms with Gasteiger partial charge in [-0.3, -0.25) is 0 Å². The normalized spacial score (nSPS) is 10.5. The van der Waals surface area contributed by atoms with Crippen LogP contribution in [0.1, 0.15) is 0 Å². The summed E-state index contributed by atoms with van der Waals surface area (Å²) in [4.78, 5) is 0.0361. The molecule has 0 amide bonds. The van der Waals surface area contributed by atoms with Crippen LogP contribution < -0.4 is 24.8 Å². The van der Waals surface area contributed by atoms with Crippen molar-refractivity contribution >= 4 is 31.6 Å². The van der Waals surface area contributed by atoms with E-state index in [0.717, 1.165) is 6.61 Å². The second kappa shape index (κ2) is 16.0. The summed E-state index contributed by atoms with van der Waals surface area (Å²) in [6, 6.07) is 26.1. The maximum atomic E-state index is 5.92. The summed E-state index contributed by atoms with van der Waals surface area (Å²) in [6.45, 7) is 15.4. The Balaban J connectivity index is 0. The average Bonchev–Trinajstić information content (AvgIpc) is 3.28. The molecule has 3 aromatic rings. The molecule has 0 heterocycles. The van der Waals surface area contributed by atoms with Crippen molar-refractivity contribution in [3.8, 4) is 0 Å². The van der Waals surface area contributed by atoms with Crippen molar-refractivity contribution in [2.45, 2.75) is 45.3 Å². The third-order valence-corrected chi connectivity index (χ3v) is 30.7. The SMILES string of the molecule is C[Si](=[Zr+2])[Si](C)(C)CCO[Si](C)(C)C.[Cl-].[Cl-].c1cc[cH-]c1.c1ccc2[cH-]ccc2c1. The minimum Gasteiger partial charge on any atom is -1.00 e. The molecule has 0 aromatic heterocycles. The predicted molar refractivity (Wildman–Crippen MR) is 125 cm³/mol. The number of hydrogen-bond donors (Lipinski definition) is 0. The van der Waals surface area contributed by atoms with Crippen molar-refractivity contribution in [1.29, 1.82) is 0 Å². The van der Waals surface area contributed by atoms with E-state index in [-0.39, 0.29) is 29.8 Å². The second-order valence-electron chi connectivity index (χ2n) is 8.34. The zero-order valence-electron chi connectivity index (χ0n) is 18.5. The molecule has 29 heavy (non-hydrogen) atoms. The van der Waals surface area contributed by atoms with Crippen LogP contribution in [0.5, 0.6) is 0 Å². The molecule has 0 aliphatic carbocycles. The Morgan fingerprint density at radius 1 is 0.897 bits per heavy atom. The van der Waals surface area contributed by atoms with Crippen LogP contribution in [0.3, 0.4) is 0 Å². The molecule has 0 bridgehead atoms. The summed E-state index contributed by atoms with van der Waals surface area (Å²) in [6.07, 6.45) is 0. The molecule has 3 aromatic carbocycles. The van der Waals surface area contributed by atoms with Gasteiger partial charge in [0, 0.05) is 0 Å². The Bertz CT molecular complexity index is 733. The number of hydrogen-bond acceptors (Lipinski definition) is 1. The largest absolute Gasteiger partial charge is 1.00 e. The van der Waals surface area contributed by atoms with Gasteiger partial charge in [0.1, 0.15) is 0 Å². The maximum absolute atomic E-state index is 5.92. The standard InChI is InChI=1S/C9H7.C8H22OSi3.C5H5.2ClH.Zr/c1-2-5-9-7-3-6-8(9)4-1;1-10-12(5,6)8-7-9-11(2,3)4;1-2-4-5-3-1;;;/h1-7H;7-8H2,1-6H3;1-5H;2*1H;/q-1;;-1;;;+2/p-2. The van der Waals surface area contributed by atoms with Crippen LogP contribution in [0.4, 0.5) is 0 Å². The van der Waals surface area contributed by atoms with E-state index in [0.29, 0.717) is 0 Å². The molecule has 0 unspecified atom stereocenters. The van der Waals surface area contributed by atoms with E-state index in [9.17, 15) is 0 Å². The van der Waals surface area contributed by atoms with Gasteiger partial charge in [-0.25, -0.2) is 12.1 Å². The van der Waals surface area contributed by atoms with Gasteiger partial charge in [-0.05, 0) is 0 Å². The Kier molecular flexibility index (Phi) is 17.3. The van der Waals surface area contributed by atoms with Crippen molar-refractivity contribution in [3.05, 3.63) is 72.8 Å². The van der Waals surface area contributed by atoms with E-state index >= 15 is 0 Å². The molecular weight excluding hydrogens is 527 g/mol. The van der Waals surface area contributed by atoms with Crippen molar-refractivity contribution < 1.29 is 52.6 Å². The first kappa shape index (κ1) is 31.4. The van der Waals surface area contributed by atoms with Gasteiger partial charge in [0.05, 0.1) is 0 Å². The Morgan fingerprint density at radius 3 is 1.93 bits per heavy atom. The summed E-state index contributed by atoms with van der Waals surface area (Å²) in [5.41, 5.74) is 0. The van der Waals surface area contributed by atoms with Crippen LogP contribution in [0, 0.1) is 0 Å². The molecule has 0 N–H and O–H groups in total. The molecule has 0 atom stereocenters. The van der Waals surface area contributed by atoms with Gasteiger partial charge in [0.25, 0.3) is 0 Å². The molecule has 0 saturated heterocycles. The summed E-state index contributed by atoms with van der Waals surface area (Å²) in [5, 5.41) is 2.66. The minimum absolute atomic E-state index is 0. The molecule has 0 aliphatic rings. The molecule has 160 valence electrons. The van der Waals surface area contributed by atoms with Crippen LogP contribution in [-0.2, 0) is 27.8 Å². The number of rotatable bonds is 5. The van der Waals surface area contributed by atoms with Crippen LogP contribution in [-0.4, -0.2) is 27.5 Å². The molecular formula is C22H34Cl2OSi3Zr-2. The van der Waals surface area contributed by atoms with E-state index in [1.807, 2.05) is 30.3 Å². The van der Waals surface area contributed by atoms with Gasteiger partial charge in [-0.15, -0.1) is 29.7 Å². The molecule has 3 rings (SSSR count). The Morgan fingerprint density at radius 2 is 1.48 bits per heavy atom. The molecule has 0 saturated carbocycles. The van der Waals surface area contributed by atoms with E-state index < -0.39 is 15.9 Å². The number of benzene rings is 1. The first-order valence-electron chi connectivity index (χ1n) is 9.58. The summed E-state index contributed by atoms with van der Waals surface area (Å²) < 4.78 is 5.92. The number of halogens is 2. The summed E-state index contributed by atoms with van der Waals surface area (Å²) in [5.74, 6) is 0. The van der Waals surface area contributed by atoms with Crippen molar-refractivity contribution in [1.82, 2.24) is 0 Å². The zero-order chi connectivity index (χ0) is 20.3. The van der Waals surface area contributed by atoms with Crippen molar-refractivity contribution in [2.75, 3.05) is 6.61 Å². The van der Waals surface area contributed by atoms with Gasteiger partial charge in [0.2, 0.25) is 0 Å². The van der Waals surface area contributed by atoms with Gasteiger partial charge in [0.15, 0.2) is 0 Å². The fraction of sp³-hybridized carbons (Fsp3) is 0.364. The number of fused-ring (bicyclic) bond motifs is 1. The van der Waals surface area contributed by atoms with Gasteiger partial charge < -0.3 is 24.8 Å². The molecule has 0 fully saturated rings. The third-order valence-electron chi connectivity index (χ3n) is 4.38. The molecule has 7 heteroatoms. The van der Waals surface area contributed by atoms with Crippen molar-refractivity contribution in [2.24, 2.45) is 0 Å². The van der Waals surface area contributed by atoms with Crippen LogP contribution in [0.2, 0.25) is 45.3 Å². The van der Waals surface area contributed by atoms with Crippen LogP contribution in [0.15, 0.2) is 72.8 Å². The fourth-order valence-electron chi connectivity index (χ4n) is 2.19. The first-order chi connectivity index (χ1) is 12.6. The fourth-order valence-corrected chi connectivity index (χ4v) is 8.29.